The second-order valence-electron chi connectivity index (χ2n) is 3.37. The molecule has 0 aliphatic carbocycles. The molecule has 0 amide bonds. The van der Waals surface area contributed by atoms with E-state index in [1.807, 2.05) is 6.07 Å². The number of fused-ring (bicyclic) bond motifs is 1. The first kappa shape index (κ1) is 9.90. The molecule has 1 heterocycles. The average molecular weight is 216 g/mol. The molecular formula is C10H11ClFNO. The van der Waals surface area contributed by atoms with Gasteiger partial charge in [-0.15, -0.1) is 0 Å². The minimum atomic E-state index is -0.407. The van der Waals surface area contributed by atoms with Crippen LogP contribution in [0.1, 0.15) is 17.2 Å². The third-order valence-electron chi connectivity index (χ3n) is 2.54. The van der Waals surface area contributed by atoms with Gasteiger partial charge in [-0.05, 0) is 24.6 Å². The number of nitrogens with one attached hydrogen (secondary N) is 1. The van der Waals surface area contributed by atoms with Crippen molar-refractivity contribution in [2.45, 2.75) is 12.5 Å². The maximum absolute atomic E-state index is 13.6. The van der Waals surface area contributed by atoms with Crippen LogP contribution in [0.4, 0.5) is 4.39 Å². The van der Waals surface area contributed by atoms with Gasteiger partial charge in [-0.2, -0.15) is 0 Å². The van der Waals surface area contributed by atoms with Crippen LogP contribution in [0.2, 0.25) is 5.02 Å². The van der Waals surface area contributed by atoms with E-state index < -0.39 is 5.82 Å². The van der Waals surface area contributed by atoms with Crippen LogP contribution in [0, 0.1) is 5.82 Å². The molecule has 0 saturated heterocycles. The number of rotatable bonds is 1. The number of hydrogen-bond donors (Lipinski definition) is 2. The molecule has 0 spiro atoms. The summed E-state index contributed by atoms with van der Waals surface area (Å²) < 4.78 is 13.6. The molecule has 2 nitrogen and oxygen atoms in total. The molecule has 0 aromatic heterocycles. The number of hydrogen-bond acceptors (Lipinski definition) is 2. The molecule has 4 heteroatoms. The molecule has 1 aromatic carbocycles. The second kappa shape index (κ2) is 3.85. The summed E-state index contributed by atoms with van der Waals surface area (Å²) in [5.41, 5.74) is 1.45. The Morgan fingerprint density at radius 1 is 1.57 bits per heavy atom. The van der Waals surface area contributed by atoms with Gasteiger partial charge in [-0.25, -0.2) is 4.39 Å². The zero-order valence-electron chi connectivity index (χ0n) is 7.56. The van der Waals surface area contributed by atoms with Gasteiger partial charge in [0, 0.05) is 5.56 Å². The number of halogens is 2. The van der Waals surface area contributed by atoms with Gasteiger partial charge in [0.25, 0.3) is 0 Å². The third kappa shape index (κ3) is 1.52. The molecule has 0 saturated carbocycles. The van der Waals surface area contributed by atoms with E-state index in [4.69, 9.17) is 16.7 Å². The van der Waals surface area contributed by atoms with Crippen LogP contribution in [-0.2, 0) is 6.42 Å². The number of aliphatic hydroxyl groups is 1. The summed E-state index contributed by atoms with van der Waals surface area (Å²) in [5.74, 6) is -0.407. The molecule has 2 rings (SSSR count). The van der Waals surface area contributed by atoms with E-state index in [9.17, 15) is 4.39 Å². The maximum Gasteiger partial charge on any atom is 0.146 e. The molecule has 0 fully saturated rings. The van der Waals surface area contributed by atoms with Crippen LogP contribution in [0.3, 0.4) is 0 Å². The molecule has 0 radical (unpaired) electrons. The van der Waals surface area contributed by atoms with E-state index in [1.54, 1.807) is 6.07 Å². The normalized spacial score (nSPS) is 20.6. The molecule has 76 valence electrons. The standard InChI is InChI=1S/C10H11ClFNO/c11-7-2-1-6-3-4-13-8(5-14)9(6)10(7)12/h1-2,8,13-14H,3-5H2. The fourth-order valence-electron chi connectivity index (χ4n) is 1.84. The first-order chi connectivity index (χ1) is 6.74. The summed E-state index contributed by atoms with van der Waals surface area (Å²) in [6.07, 6.45) is 0.778. The molecule has 1 atom stereocenters. The van der Waals surface area contributed by atoms with Crippen molar-refractivity contribution in [2.75, 3.05) is 13.2 Å². The van der Waals surface area contributed by atoms with Crippen LogP contribution in [0.25, 0.3) is 0 Å². The Bertz CT molecular complexity index is 356. The van der Waals surface area contributed by atoms with Crippen molar-refractivity contribution in [2.24, 2.45) is 0 Å². The summed E-state index contributed by atoms with van der Waals surface area (Å²) in [6.45, 7) is 0.656. The molecule has 1 unspecified atom stereocenters. The summed E-state index contributed by atoms with van der Waals surface area (Å²) in [7, 11) is 0. The molecule has 14 heavy (non-hydrogen) atoms. The van der Waals surface area contributed by atoms with Crippen LogP contribution in [0.15, 0.2) is 12.1 Å². The first-order valence-corrected chi connectivity index (χ1v) is 4.93. The summed E-state index contributed by atoms with van der Waals surface area (Å²) in [4.78, 5) is 0. The summed E-state index contributed by atoms with van der Waals surface area (Å²) in [5, 5.41) is 12.2. The van der Waals surface area contributed by atoms with E-state index in [0.29, 0.717) is 5.56 Å². The largest absolute Gasteiger partial charge is 0.394 e. The Hall–Kier alpha value is -0.640. The Kier molecular flexibility index (Phi) is 2.72. The van der Waals surface area contributed by atoms with Crippen LogP contribution in [-0.4, -0.2) is 18.3 Å². The average Bonchev–Trinajstić information content (AvgIpc) is 2.23. The topological polar surface area (TPSA) is 32.3 Å². The Balaban J connectivity index is 2.53. The van der Waals surface area contributed by atoms with E-state index >= 15 is 0 Å². The molecule has 1 aliphatic heterocycles. The van der Waals surface area contributed by atoms with Crippen molar-refractivity contribution in [3.63, 3.8) is 0 Å². The van der Waals surface area contributed by atoms with Gasteiger partial charge in [-0.1, -0.05) is 17.7 Å². The lowest BCUT2D eigenvalue weighted by atomic mass is 9.94. The predicted molar refractivity (Wildman–Crippen MR) is 52.9 cm³/mol. The van der Waals surface area contributed by atoms with Crippen LogP contribution in [0.5, 0.6) is 0 Å². The zero-order chi connectivity index (χ0) is 10.1. The number of benzene rings is 1. The van der Waals surface area contributed by atoms with E-state index in [1.165, 1.54) is 0 Å². The van der Waals surface area contributed by atoms with Gasteiger partial charge in [0.1, 0.15) is 5.82 Å². The molecule has 2 N–H and O–H groups in total. The fourth-order valence-corrected chi connectivity index (χ4v) is 2.00. The minimum Gasteiger partial charge on any atom is -0.394 e. The zero-order valence-corrected chi connectivity index (χ0v) is 8.31. The quantitative estimate of drug-likeness (QED) is 0.747. The highest BCUT2D eigenvalue weighted by atomic mass is 35.5. The van der Waals surface area contributed by atoms with Gasteiger partial charge in [0.2, 0.25) is 0 Å². The number of aliphatic hydroxyl groups excluding tert-OH is 1. The Labute approximate surface area is 86.7 Å². The van der Waals surface area contributed by atoms with Crippen molar-refractivity contribution in [1.82, 2.24) is 5.32 Å². The SMILES string of the molecule is OCC1NCCc2ccc(Cl)c(F)c21. The lowest BCUT2D eigenvalue weighted by Crippen LogP contribution is -2.33. The lowest BCUT2D eigenvalue weighted by Gasteiger charge is -2.26. The molecule has 0 bridgehead atoms. The highest BCUT2D eigenvalue weighted by Crippen LogP contribution is 2.29. The monoisotopic (exact) mass is 215 g/mol. The van der Waals surface area contributed by atoms with Gasteiger partial charge >= 0.3 is 0 Å². The van der Waals surface area contributed by atoms with Gasteiger partial charge < -0.3 is 10.4 Å². The van der Waals surface area contributed by atoms with Gasteiger partial charge in [0.05, 0.1) is 17.7 Å². The molecular weight excluding hydrogens is 205 g/mol. The van der Waals surface area contributed by atoms with Crippen molar-refractivity contribution in [1.29, 1.82) is 0 Å². The van der Waals surface area contributed by atoms with E-state index in [2.05, 4.69) is 5.32 Å². The Morgan fingerprint density at radius 3 is 3.07 bits per heavy atom. The highest BCUT2D eigenvalue weighted by Gasteiger charge is 2.23. The van der Waals surface area contributed by atoms with E-state index in [-0.39, 0.29) is 17.7 Å². The van der Waals surface area contributed by atoms with Crippen LogP contribution < -0.4 is 5.32 Å². The molecule has 1 aromatic rings. The van der Waals surface area contributed by atoms with E-state index in [0.717, 1.165) is 18.5 Å². The second-order valence-corrected chi connectivity index (χ2v) is 3.78. The van der Waals surface area contributed by atoms with Crippen molar-refractivity contribution in [3.8, 4) is 0 Å². The maximum atomic E-state index is 13.6. The smallest absolute Gasteiger partial charge is 0.146 e. The van der Waals surface area contributed by atoms with Crippen molar-refractivity contribution in [3.05, 3.63) is 34.1 Å². The fraction of sp³-hybridized carbons (Fsp3) is 0.400. The van der Waals surface area contributed by atoms with Gasteiger partial charge in [0.15, 0.2) is 0 Å². The van der Waals surface area contributed by atoms with Crippen LogP contribution >= 0.6 is 11.6 Å². The minimum absolute atomic E-state index is 0.107. The summed E-state index contributed by atoms with van der Waals surface area (Å²) in [6, 6.07) is 3.07. The lowest BCUT2D eigenvalue weighted by molar-refractivity contribution is 0.236. The van der Waals surface area contributed by atoms with Crippen molar-refractivity contribution >= 4 is 11.6 Å². The van der Waals surface area contributed by atoms with Gasteiger partial charge in [-0.3, -0.25) is 0 Å². The third-order valence-corrected chi connectivity index (χ3v) is 2.83. The highest BCUT2D eigenvalue weighted by molar-refractivity contribution is 6.30. The molecule has 1 aliphatic rings. The predicted octanol–water partition coefficient (Wildman–Crippen LogP) is 1.66. The van der Waals surface area contributed by atoms with Crippen molar-refractivity contribution < 1.29 is 9.50 Å². The summed E-state index contributed by atoms with van der Waals surface area (Å²) >= 11 is 5.68. The first-order valence-electron chi connectivity index (χ1n) is 4.55. The Morgan fingerprint density at radius 2 is 2.36 bits per heavy atom.